The molecule has 4 heterocycles. The number of hydrogen-bond acceptors (Lipinski definition) is 9. The van der Waals surface area contributed by atoms with Crippen LogP contribution in [0.2, 0.25) is 0 Å². The fourth-order valence-electron chi connectivity index (χ4n) is 4.11. The first kappa shape index (κ1) is 27.7. The third-order valence-corrected chi connectivity index (χ3v) is 6.41. The van der Waals surface area contributed by atoms with Gasteiger partial charge in [-0.2, -0.15) is 10.4 Å². The molecule has 39 heavy (non-hydrogen) atoms. The molecular formula is C26H30FN7O5. The van der Waals surface area contributed by atoms with Gasteiger partial charge < -0.3 is 25.2 Å². The Labute approximate surface area is 224 Å². The number of methoxy groups -OCH3 is 1. The second kappa shape index (κ2) is 11.6. The van der Waals surface area contributed by atoms with Crippen LogP contribution in [0.3, 0.4) is 0 Å². The Kier molecular flexibility index (Phi) is 8.27. The molecule has 1 aliphatic heterocycles. The van der Waals surface area contributed by atoms with E-state index >= 15 is 0 Å². The van der Waals surface area contributed by atoms with Crippen molar-refractivity contribution in [3.63, 3.8) is 0 Å². The average molecular weight is 540 g/mol. The van der Waals surface area contributed by atoms with Crippen molar-refractivity contribution in [3.05, 3.63) is 47.8 Å². The summed E-state index contributed by atoms with van der Waals surface area (Å²) in [6.07, 6.45) is 0.636. The number of aromatic nitrogens is 3. The van der Waals surface area contributed by atoms with Crippen LogP contribution in [0, 0.1) is 11.3 Å². The van der Waals surface area contributed by atoms with Gasteiger partial charge in [0.05, 0.1) is 78.4 Å². The molecule has 0 saturated carbocycles. The van der Waals surface area contributed by atoms with E-state index in [1.54, 1.807) is 33.7 Å². The maximum absolute atomic E-state index is 14.3. The second-order valence-corrected chi connectivity index (χ2v) is 9.63. The van der Waals surface area contributed by atoms with E-state index < -0.39 is 30.3 Å². The van der Waals surface area contributed by atoms with Crippen LogP contribution in [-0.2, 0) is 9.47 Å². The smallest absolute Gasteiger partial charge is 0.409 e. The molecule has 0 aromatic carbocycles. The van der Waals surface area contributed by atoms with Crippen LogP contribution in [0.4, 0.5) is 14.9 Å². The third kappa shape index (κ3) is 6.24. The van der Waals surface area contributed by atoms with Gasteiger partial charge >= 0.3 is 6.09 Å². The Morgan fingerprint density at radius 3 is 2.87 bits per heavy atom. The monoisotopic (exact) mass is 539 g/mol. The predicted octanol–water partition coefficient (Wildman–Crippen LogP) is 1.99. The average Bonchev–Trinajstić information content (AvgIpc) is 3.36. The highest BCUT2D eigenvalue weighted by molar-refractivity contribution is 6.00. The number of rotatable bonds is 8. The molecule has 1 fully saturated rings. The Hall–Kier alpha value is -4.28. The summed E-state index contributed by atoms with van der Waals surface area (Å²) in [5.41, 5.74) is 1.11. The fourth-order valence-corrected chi connectivity index (χ4v) is 4.11. The van der Waals surface area contributed by atoms with Crippen LogP contribution in [-0.4, -0.2) is 94.4 Å². The predicted molar refractivity (Wildman–Crippen MR) is 139 cm³/mol. The molecule has 3 aromatic rings. The number of hydrogen-bond donors (Lipinski definition) is 3. The zero-order valence-corrected chi connectivity index (χ0v) is 21.8. The van der Waals surface area contributed by atoms with E-state index in [0.29, 0.717) is 41.3 Å². The molecule has 1 saturated heterocycles. The van der Waals surface area contributed by atoms with Crippen molar-refractivity contribution in [1.29, 1.82) is 5.26 Å². The number of nitrogens with zero attached hydrogens (tertiary/aromatic N) is 5. The molecule has 0 spiro atoms. The van der Waals surface area contributed by atoms with Crippen LogP contribution < -0.4 is 10.6 Å². The zero-order chi connectivity index (χ0) is 28.2. The molecule has 13 heteroatoms. The number of fused-ring (bicyclic) bond motifs is 1. The Balaban J connectivity index is 1.64. The molecule has 206 valence electrons. The minimum atomic E-state index is -1.69. The van der Waals surface area contributed by atoms with Crippen LogP contribution in [0.5, 0.6) is 0 Å². The largest absolute Gasteiger partial charge is 0.453 e. The van der Waals surface area contributed by atoms with Crippen molar-refractivity contribution in [3.8, 4) is 17.5 Å². The van der Waals surface area contributed by atoms with Crippen LogP contribution >= 0.6 is 0 Å². The summed E-state index contributed by atoms with van der Waals surface area (Å²) >= 11 is 0. The SMILES string of the molecule is COC(=O)N1CCOC[C@H]1CNc1cc(-c2ccc3cc(C#N)cnn23)ncc1C(=O)NC[C@@H](F)C(C)(C)O. The summed E-state index contributed by atoms with van der Waals surface area (Å²) in [6, 6.07) is 8.62. The first-order chi connectivity index (χ1) is 18.6. The van der Waals surface area contributed by atoms with Crippen molar-refractivity contribution in [2.75, 3.05) is 45.3 Å². The minimum Gasteiger partial charge on any atom is -0.453 e. The maximum atomic E-state index is 14.3. The molecule has 0 unspecified atom stereocenters. The van der Waals surface area contributed by atoms with E-state index in [4.69, 9.17) is 14.7 Å². The number of carbonyl (C=O) groups excluding carboxylic acids is 2. The summed E-state index contributed by atoms with van der Waals surface area (Å²) in [7, 11) is 1.31. The molecule has 12 nitrogen and oxygen atoms in total. The van der Waals surface area contributed by atoms with Gasteiger partial charge in [-0.05, 0) is 38.1 Å². The van der Waals surface area contributed by atoms with Crippen LogP contribution in [0.1, 0.15) is 29.8 Å². The second-order valence-electron chi connectivity index (χ2n) is 9.63. The molecule has 0 bridgehead atoms. The molecule has 1 aliphatic rings. The number of pyridine rings is 1. The van der Waals surface area contributed by atoms with Gasteiger partial charge in [-0.3, -0.25) is 14.7 Å². The van der Waals surface area contributed by atoms with E-state index in [9.17, 15) is 19.1 Å². The standard InChI is InChI=1S/C26H30FN7O5/c1-26(2,37)23(27)14-31-24(35)19-13-30-21(22-5-4-17-8-16(10-28)11-32-34(17)22)9-20(19)29-12-18-15-39-7-6-33(18)25(36)38-3/h4-5,8-9,11,13,18,23,37H,6-7,12,14-15H2,1-3H3,(H,29,30)(H,31,35)/t18-,23-/m1/s1. The molecule has 0 aliphatic carbocycles. The lowest BCUT2D eigenvalue weighted by atomic mass is 10.0. The van der Waals surface area contributed by atoms with Crippen LogP contribution in [0.25, 0.3) is 16.9 Å². The number of carbonyl (C=O) groups is 2. The number of nitriles is 1. The summed E-state index contributed by atoms with van der Waals surface area (Å²) in [4.78, 5) is 31.3. The van der Waals surface area contributed by atoms with E-state index in [1.807, 2.05) is 0 Å². The molecule has 3 aromatic heterocycles. The highest BCUT2D eigenvalue weighted by Gasteiger charge is 2.29. The van der Waals surface area contributed by atoms with Crippen molar-refractivity contribution in [2.24, 2.45) is 0 Å². The van der Waals surface area contributed by atoms with Gasteiger partial charge in [0.1, 0.15) is 12.2 Å². The number of nitrogens with one attached hydrogen (secondary N) is 2. The first-order valence-electron chi connectivity index (χ1n) is 12.3. The number of ether oxygens (including phenoxy) is 2. The van der Waals surface area contributed by atoms with Crippen molar-refractivity contribution in [1.82, 2.24) is 24.8 Å². The van der Waals surface area contributed by atoms with Crippen molar-refractivity contribution in [2.45, 2.75) is 31.7 Å². The highest BCUT2D eigenvalue weighted by atomic mass is 19.1. The van der Waals surface area contributed by atoms with Gasteiger partial charge in [-0.15, -0.1) is 0 Å². The van der Waals surface area contributed by atoms with Crippen molar-refractivity contribution < 1.29 is 28.6 Å². The Morgan fingerprint density at radius 1 is 1.36 bits per heavy atom. The minimum absolute atomic E-state index is 0.142. The van der Waals surface area contributed by atoms with E-state index in [2.05, 4.69) is 26.8 Å². The van der Waals surface area contributed by atoms with Crippen molar-refractivity contribution >= 4 is 23.2 Å². The third-order valence-electron chi connectivity index (χ3n) is 6.41. The molecule has 4 rings (SSSR count). The van der Waals surface area contributed by atoms with Gasteiger partial charge in [0.15, 0.2) is 0 Å². The molecule has 0 radical (unpaired) electrons. The topological polar surface area (TPSA) is 154 Å². The molecule has 2 amide bonds. The van der Waals surface area contributed by atoms with E-state index in [-0.39, 0.29) is 24.8 Å². The summed E-state index contributed by atoms with van der Waals surface area (Å²) in [5, 5.41) is 29.1. The lowest BCUT2D eigenvalue weighted by Gasteiger charge is -2.34. The lowest BCUT2D eigenvalue weighted by Crippen LogP contribution is -2.51. The number of halogens is 1. The first-order valence-corrected chi connectivity index (χ1v) is 12.3. The number of morpholine rings is 1. The number of aliphatic hydroxyl groups is 1. The molecule has 2 atom stereocenters. The highest BCUT2D eigenvalue weighted by Crippen LogP contribution is 2.26. The molecule has 3 N–H and O–H groups in total. The van der Waals surface area contributed by atoms with Gasteiger partial charge in [0.25, 0.3) is 5.91 Å². The van der Waals surface area contributed by atoms with Gasteiger partial charge in [-0.1, -0.05) is 0 Å². The zero-order valence-electron chi connectivity index (χ0n) is 21.8. The van der Waals surface area contributed by atoms with Gasteiger partial charge in [0.2, 0.25) is 0 Å². The Morgan fingerprint density at radius 2 is 2.15 bits per heavy atom. The van der Waals surface area contributed by atoms with E-state index in [0.717, 1.165) is 0 Å². The Bertz CT molecular complexity index is 1400. The number of amides is 2. The number of anilines is 1. The summed E-state index contributed by atoms with van der Waals surface area (Å²) in [6.45, 7) is 3.48. The van der Waals surface area contributed by atoms with Gasteiger partial charge in [-0.25, -0.2) is 13.7 Å². The quantitative estimate of drug-likeness (QED) is 0.390. The lowest BCUT2D eigenvalue weighted by molar-refractivity contribution is -0.00181. The fraction of sp³-hybridized carbons (Fsp3) is 0.423. The summed E-state index contributed by atoms with van der Waals surface area (Å²) < 4.78 is 26.3. The van der Waals surface area contributed by atoms with Crippen LogP contribution in [0.15, 0.2) is 36.7 Å². The maximum Gasteiger partial charge on any atom is 0.409 e. The normalized spacial score (nSPS) is 16.4. The number of alkyl halides is 1. The molecular weight excluding hydrogens is 509 g/mol. The van der Waals surface area contributed by atoms with E-state index in [1.165, 1.54) is 33.4 Å². The summed E-state index contributed by atoms with van der Waals surface area (Å²) in [5.74, 6) is -0.593. The van der Waals surface area contributed by atoms with Gasteiger partial charge in [0, 0.05) is 19.3 Å².